The van der Waals surface area contributed by atoms with Gasteiger partial charge in [-0.1, -0.05) is 28.1 Å². The fourth-order valence-electron chi connectivity index (χ4n) is 1.34. The molecule has 1 rings (SSSR count). The zero-order valence-corrected chi connectivity index (χ0v) is 10.7. The number of rotatable bonds is 5. The van der Waals surface area contributed by atoms with Crippen LogP contribution in [0.2, 0.25) is 0 Å². The Balaban J connectivity index is 2.90. The number of nitrogens with zero attached hydrogens (tertiary/aromatic N) is 1. The minimum absolute atomic E-state index is 0.206. The Hall–Kier alpha value is -1.62. The number of halogens is 1. The Kier molecular flexibility index (Phi) is 4.90. The second-order valence-electron chi connectivity index (χ2n) is 3.38. The van der Waals surface area contributed by atoms with Crippen LogP contribution < -0.4 is 0 Å². The van der Waals surface area contributed by atoms with Crippen molar-refractivity contribution in [2.45, 2.75) is 0 Å². The van der Waals surface area contributed by atoms with Crippen LogP contribution in [0.1, 0.15) is 10.4 Å². The number of hydrogen-bond donors (Lipinski definition) is 1. The van der Waals surface area contributed by atoms with Gasteiger partial charge in [-0.15, -0.1) is 6.58 Å². The van der Waals surface area contributed by atoms with E-state index in [0.29, 0.717) is 5.56 Å². The van der Waals surface area contributed by atoms with Gasteiger partial charge in [0, 0.05) is 16.6 Å². The van der Waals surface area contributed by atoms with Crippen LogP contribution in [0.5, 0.6) is 0 Å². The van der Waals surface area contributed by atoms with Crippen molar-refractivity contribution in [3.63, 3.8) is 0 Å². The average Bonchev–Trinajstić information content (AvgIpc) is 2.27. The maximum absolute atomic E-state index is 12.0. The Bertz CT molecular complexity index is 445. The molecule has 0 aliphatic heterocycles. The number of benzene rings is 1. The van der Waals surface area contributed by atoms with Gasteiger partial charge in [-0.2, -0.15) is 0 Å². The van der Waals surface area contributed by atoms with E-state index >= 15 is 0 Å². The summed E-state index contributed by atoms with van der Waals surface area (Å²) in [5, 5.41) is 8.72. The quantitative estimate of drug-likeness (QED) is 0.848. The van der Waals surface area contributed by atoms with Crippen molar-refractivity contribution in [1.29, 1.82) is 0 Å². The molecule has 5 heteroatoms. The van der Waals surface area contributed by atoms with Gasteiger partial charge < -0.3 is 10.0 Å². The van der Waals surface area contributed by atoms with Crippen molar-refractivity contribution in [2.24, 2.45) is 0 Å². The van der Waals surface area contributed by atoms with Crippen LogP contribution in [0.3, 0.4) is 0 Å². The molecule has 0 aromatic heterocycles. The molecule has 0 heterocycles. The first-order valence-corrected chi connectivity index (χ1v) is 5.71. The fourth-order valence-corrected chi connectivity index (χ4v) is 1.74. The van der Waals surface area contributed by atoms with E-state index in [1.54, 1.807) is 24.3 Å². The largest absolute Gasteiger partial charge is 0.480 e. The zero-order valence-electron chi connectivity index (χ0n) is 9.10. The van der Waals surface area contributed by atoms with Crippen molar-refractivity contribution >= 4 is 27.8 Å². The molecule has 0 saturated carbocycles. The number of amides is 1. The van der Waals surface area contributed by atoms with Crippen LogP contribution in [0.15, 0.2) is 41.4 Å². The number of aliphatic carboxylic acids is 1. The van der Waals surface area contributed by atoms with Crippen LogP contribution in [-0.4, -0.2) is 35.0 Å². The SMILES string of the molecule is C=CCN(CC(=O)O)C(=O)c1cccc(Br)c1. The molecule has 0 atom stereocenters. The van der Waals surface area contributed by atoms with Crippen LogP contribution in [-0.2, 0) is 4.79 Å². The standard InChI is InChI=1S/C12H12BrNO3/c1-2-6-14(8-11(15)16)12(17)9-4-3-5-10(13)7-9/h2-5,7H,1,6,8H2,(H,15,16). The van der Waals surface area contributed by atoms with Gasteiger partial charge in [-0.05, 0) is 18.2 Å². The molecule has 0 spiro atoms. The summed E-state index contributed by atoms with van der Waals surface area (Å²) in [7, 11) is 0. The lowest BCUT2D eigenvalue weighted by Crippen LogP contribution is -2.35. The summed E-state index contributed by atoms with van der Waals surface area (Å²) in [5.74, 6) is -1.37. The molecule has 0 fully saturated rings. The number of carboxylic acid groups (broad SMARTS) is 1. The first-order chi connectivity index (χ1) is 8.04. The summed E-state index contributed by atoms with van der Waals surface area (Å²) in [6.45, 7) is 3.38. The smallest absolute Gasteiger partial charge is 0.323 e. The van der Waals surface area contributed by atoms with Gasteiger partial charge in [0.1, 0.15) is 6.54 Å². The van der Waals surface area contributed by atoms with Crippen molar-refractivity contribution in [2.75, 3.05) is 13.1 Å². The third-order valence-electron chi connectivity index (χ3n) is 2.03. The number of hydrogen-bond acceptors (Lipinski definition) is 2. The van der Waals surface area contributed by atoms with Crippen LogP contribution in [0, 0.1) is 0 Å². The molecule has 0 saturated heterocycles. The molecule has 1 N–H and O–H groups in total. The average molecular weight is 298 g/mol. The summed E-state index contributed by atoms with van der Waals surface area (Å²) < 4.78 is 0.775. The second-order valence-corrected chi connectivity index (χ2v) is 4.29. The second kappa shape index (κ2) is 6.20. The third-order valence-corrected chi connectivity index (χ3v) is 2.53. The van der Waals surface area contributed by atoms with Crippen LogP contribution >= 0.6 is 15.9 Å². The van der Waals surface area contributed by atoms with Gasteiger partial charge in [0.2, 0.25) is 0 Å². The van der Waals surface area contributed by atoms with E-state index < -0.39 is 5.97 Å². The van der Waals surface area contributed by atoms with E-state index in [4.69, 9.17) is 5.11 Å². The molecule has 0 aliphatic rings. The highest BCUT2D eigenvalue weighted by molar-refractivity contribution is 9.10. The van der Waals surface area contributed by atoms with Crippen molar-refractivity contribution < 1.29 is 14.7 Å². The number of carbonyl (C=O) groups is 2. The topological polar surface area (TPSA) is 57.6 Å². The normalized spacial score (nSPS) is 9.71. The number of carbonyl (C=O) groups excluding carboxylic acids is 1. The molecule has 1 aromatic carbocycles. The van der Waals surface area contributed by atoms with Gasteiger partial charge in [-0.25, -0.2) is 0 Å². The van der Waals surface area contributed by atoms with Gasteiger partial charge in [-0.3, -0.25) is 9.59 Å². The molecule has 1 amide bonds. The fraction of sp³-hybridized carbons (Fsp3) is 0.167. The summed E-state index contributed by atoms with van der Waals surface area (Å²) in [6.07, 6.45) is 1.50. The molecular formula is C12H12BrNO3. The van der Waals surface area contributed by atoms with E-state index in [2.05, 4.69) is 22.5 Å². The maximum Gasteiger partial charge on any atom is 0.323 e. The van der Waals surface area contributed by atoms with Crippen molar-refractivity contribution in [1.82, 2.24) is 4.90 Å². The van der Waals surface area contributed by atoms with E-state index in [0.717, 1.165) is 4.47 Å². The van der Waals surface area contributed by atoms with Crippen LogP contribution in [0.4, 0.5) is 0 Å². The van der Waals surface area contributed by atoms with Gasteiger partial charge in [0.25, 0.3) is 5.91 Å². The maximum atomic E-state index is 12.0. The molecule has 0 unspecified atom stereocenters. The monoisotopic (exact) mass is 297 g/mol. The number of carboxylic acids is 1. The molecule has 17 heavy (non-hydrogen) atoms. The minimum Gasteiger partial charge on any atom is -0.480 e. The molecule has 0 aliphatic carbocycles. The van der Waals surface area contributed by atoms with Gasteiger partial charge in [0.15, 0.2) is 0 Å². The highest BCUT2D eigenvalue weighted by atomic mass is 79.9. The third kappa shape index (κ3) is 4.03. The molecule has 0 radical (unpaired) electrons. The van der Waals surface area contributed by atoms with Crippen molar-refractivity contribution in [3.8, 4) is 0 Å². The lowest BCUT2D eigenvalue weighted by atomic mass is 10.2. The summed E-state index contributed by atoms with van der Waals surface area (Å²) in [4.78, 5) is 23.9. The van der Waals surface area contributed by atoms with Gasteiger partial charge >= 0.3 is 5.97 Å². The summed E-state index contributed by atoms with van der Waals surface area (Å²) in [6, 6.07) is 6.82. The first kappa shape index (κ1) is 13.4. The predicted octanol–water partition coefficient (Wildman–Crippen LogP) is 2.16. The Morgan fingerprint density at radius 2 is 2.18 bits per heavy atom. The Morgan fingerprint density at radius 1 is 1.47 bits per heavy atom. The Labute approximate surface area is 108 Å². The molecule has 0 bridgehead atoms. The van der Waals surface area contributed by atoms with E-state index in [1.165, 1.54) is 11.0 Å². The van der Waals surface area contributed by atoms with Gasteiger partial charge in [0.05, 0.1) is 0 Å². The highest BCUT2D eigenvalue weighted by Gasteiger charge is 2.17. The lowest BCUT2D eigenvalue weighted by molar-refractivity contribution is -0.137. The molecular weight excluding hydrogens is 286 g/mol. The van der Waals surface area contributed by atoms with Crippen molar-refractivity contribution in [3.05, 3.63) is 47.0 Å². The van der Waals surface area contributed by atoms with E-state index in [-0.39, 0.29) is 19.0 Å². The summed E-state index contributed by atoms with van der Waals surface area (Å²) >= 11 is 3.26. The molecule has 1 aromatic rings. The minimum atomic E-state index is -1.05. The Morgan fingerprint density at radius 3 is 2.71 bits per heavy atom. The zero-order chi connectivity index (χ0) is 12.8. The predicted molar refractivity (Wildman–Crippen MR) is 67.9 cm³/mol. The lowest BCUT2D eigenvalue weighted by Gasteiger charge is -2.18. The highest BCUT2D eigenvalue weighted by Crippen LogP contribution is 2.13. The molecule has 4 nitrogen and oxygen atoms in total. The summed E-state index contributed by atoms with van der Waals surface area (Å²) in [5.41, 5.74) is 0.447. The molecule has 90 valence electrons. The van der Waals surface area contributed by atoms with E-state index in [9.17, 15) is 9.59 Å². The first-order valence-electron chi connectivity index (χ1n) is 4.92. The van der Waals surface area contributed by atoms with E-state index in [1.807, 2.05) is 0 Å². The van der Waals surface area contributed by atoms with Crippen LogP contribution in [0.25, 0.3) is 0 Å².